The van der Waals surface area contributed by atoms with Crippen molar-refractivity contribution in [1.82, 2.24) is 10.2 Å². The summed E-state index contributed by atoms with van der Waals surface area (Å²) in [7, 11) is 0. The Labute approximate surface area is 157 Å². The van der Waals surface area contributed by atoms with Crippen LogP contribution in [0, 0.1) is 0 Å². The molecular formula is C19H22N2O4S. The summed E-state index contributed by atoms with van der Waals surface area (Å²) in [6.45, 7) is 7.15. The van der Waals surface area contributed by atoms with Crippen LogP contribution < -0.4 is 5.32 Å². The SMILES string of the molecule is CC1=C(C(=O)c2ccccc2)N2C(=O)[C@@H](NC(=O)OC(C)(C)C)[C@@H]2SC1. The predicted molar refractivity (Wildman–Crippen MR) is 99.7 cm³/mol. The van der Waals surface area contributed by atoms with Crippen molar-refractivity contribution in [3.05, 3.63) is 47.2 Å². The molecule has 7 heteroatoms. The van der Waals surface area contributed by atoms with Crippen molar-refractivity contribution in [2.24, 2.45) is 0 Å². The number of carbonyl (C=O) groups is 3. The molecule has 0 bridgehead atoms. The molecule has 2 aliphatic rings. The van der Waals surface area contributed by atoms with E-state index in [1.165, 1.54) is 16.7 Å². The molecule has 0 aliphatic carbocycles. The lowest BCUT2D eigenvalue weighted by atomic mass is 9.98. The highest BCUT2D eigenvalue weighted by Gasteiger charge is 2.53. The molecule has 0 spiro atoms. The van der Waals surface area contributed by atoms with E-state index in [0.717, 1.165) is 5.57 Å². The van der Waals surface area contributed by atoms with Crippen LogP contribution >= 0.6 is 11.8 Å². The third-order valence-electron chi connectivity index (χ3n) is 4.08. The Bertz CT molecular complexity index is 782. The number of fused-ring (bicyclic) bond motifs is 1. The highest BCUT2D eigenvalue weighted by atomic mass is 32.2. The number of nitrogens with zero attached hydrogens (tertiary/aromatic N) is 1. The van der Waals surface area contributed by atoms with Gasteiger partial charge in [0.2, 0.25) is 5.78 Å². The van der Waals surface area contributed by atoms with Crippen LogP contribution in [0.1, 0.15) is 38.1 Å². The second-order valence-corrected chi connectivity index (χ2v) is 8.46. The number of benzene rings is 1. The van der Waals surface area contributed by atoms with E-state index in [-0.39, 0.29) is 17.1 Å². The monoisotopic (exact) mass is 374 g/mol. The van der Waals surface area contributed by atoms with Gasteiger partial charge in [-0.2, -0.15) is 0 Å². The molecule has 2 atom stereocenters. The summed E-state index contributed by atoms with van der Waals surface area (Å²) >= 11 is 1.53. The fourth-order valence-electron chi connectivity index (χ4n) is 2.95. The number of amides is 2. The minimum absolute atomic E-state index is 0.169. The van der Waals surface area contributed by atoms with Crippen LogP contribution in [0.25, 0.3) is 0 Å². The minimum Gasteiger partial charge on any atom is -0.444 e. The number of Topliss-reactive ketones (excluding diaryl/α,β-unsaturated/α-hetero) is 1. The third kappa shape index (κ3) is 3.49. The van der Waals surface area contributed by atoms with Gasteiger partial charge < -0.3 is 10.1 Å². The average Bonchev–Trinajstić information content (AvgIpc) is 2.58. The fraction of sp³-hybridized carbons (Fsp3) is 0.421. The standard InChI is InChI=1S/C19H22N2O4S/c1-11-10-26-17-13(20-18(24)25-19(2,3)4)16(23)21(17)14(11)15(22)12-8-6-5-7-9-12/h5-9,13,17H,10H2,1-4H3,(H,20,24)/t13-,17+/m1/s1. The Morgan fingerprint density at radius 3 is 2.50 bits per heavy atom. The molecule has 138 valence electrons. The van der Waals surface area contributed by atoms with Gasteiger partial charge in [0.1, 0.15) is 17.0 Å². The zero-order valence-electron chi connectivity index (χ0n) is 15.2. The molecule has 3 rings (SSSR count). The van der Waals surface area contributed by atoms with Crippen LogP contribution in [0.4, 0.5) is 4.79 Å². The van der Waals surface area contributed by atoms with Gasteiger partial charge in [0.15, 0.2) is 0 Å². The summed E-state index contributed by atoms with van der Waals surface area (Å²) in [6, 6.07) is 8.22. The summed E-state index contributed by atoms with van der Waals surface area (Å²) in [5, 5.41) is 2.34. The van der Waals surface area contributed by atoms with Crippen molar-refractivity contribution >= 4 is 29.5 Å². The molecule has 0 radical (unpaired) electrons. The number of nitrogens with one attached hydrogen (secondary N) is 1. The molecule has 26 heavy (non-hydrogen) atoms. The van der Waals surface area contributed by atoms with Gasteiger partial charge in [-0.25, -0.2) is 4.79 Å². The number of ketones is 1. The zero-order valence-corrected chi connectivity index (χ0v) is 16.1. The largest absolute Gasteiger partial charge is 0.444 e. The first-order chi connectivity index (χ1) is 12.2. The van der Waals surface area contributed by atoms with Gasteiger partial charge in [-0.3, -0.25) is 14.5 Å². The van der Waals surface area contributed by atoms with Gasteiger partial charge in [0.05, 0.1) is 5.70 Å². The molecule has 1 saturated heterocycles. The van der Waals surface area contributed by atoms with E-state index in [9.17, 15) is 14.4 Å². The molecule has 2 amide bonds. The Balaban J connectivity index is 1.77. The highest BCUT2D eigenvalue weighted by molar-refractivity contribution is 8.00. The molecule has 1 N–H and O–H groups in total. The molecule has 6 nitrogen and oxygen atoms in total. The lowest BCUT2D eigenvalue weighted by Crippen LogP contribution is -2.70. The third-order valence-corrected chi connectivity index (χ3v) is 5.51. The van der Waals surface area contributed by atoms with E-state index in [1.54, 1.807) is 45.0 Å². The highest BCUT2D eigenvalue weighted by Crippen LogP contribution is 2.41. The number of carbonyl (C=O) groups excluding carboxylic acids is 3. The Kier molecular flexibility index (Phi) is 4.84. The molecule has 1 fully saturated rings. The van der Waals surface area contributed by atoms with Crippen molar-refractivity contribution in [1.29, 1.82) is 0 Å². The molecule has 1 aromatic carbocycles. The van der Waals surface area contributed by atoms with Gasteiger partial charge in [-0.05, 0) is 33.3 Å². The molecular weight excluding hydrogens is 352 g/mol. The molecule has 1 aromatic rings. The lowest BCUT2D eigenvalue weighted by Gasteiger charge is -2.49. The first-order valence-corrected chi connectivity index (χ1v) is 9.47. The van der Waals surface area contributed by atoms with Crippen molar-refractivity contribution in [3.8, 4) is 0 Å². The van der Waals surface area contributed by atoms with Crippen LogP contribution in [-0.2, 0) is 9.53 Å². The van der Waals surface area contributed by atoms with E-state index >= 15 is 0 Å². The van der Waals surface area contributed by atoms with Crippen LogP contribution in [0.5, 0.6) is 0 Å². The fourth-order valence-corrected chi connectivity index (χ4v) is 4.25. The Morgan fingerprint density at radius 1 is 1.23 bits per heavy atom. The molecule has 2 heterocycles. The van der Waals surface area contributed by atoms with Gasteiger partial charge in [0, 0.05) is 11.3 Å². The quantitative estimate of drug-likeness (QED) is 0.650. The first-order valence-electron chi connectivity index (χ1n) is 8.43. The lowest BCUT2D eigenvalue weighted by molar-refractivity contribution is -0.142. The number of alkyl carbamates (subject to hydrolysis) is 1. The van der Waals surface area contributed by atoms with Gasteiger partial charge in [0.25, 0.3) is 5.91 Å². The van der Waals surface area contributed by atoms with Crippen LogP contribution in [0.2, 0.25) is 0 Å². The van der Waals surface area contributed by atoms with Crippen LogP contribution in [0.3, 0.4) is 0 Å². The van der Waals surface area contributed by atoms with Crippen molar-refractivity contribution in [2.75, 3.05) is 5.75 Å². The van der Waals surface area contributed by atoms with E-state index < -0.39 is 17.7 Å². The predicted octanol–water partition coefficient (Wildman–Crippen LogP) is 2.95. The normalized spacial score (nSPS) is 22.5. The van der Waals surface area contributed by atoms with Crippen molar-refractivity contribution in [2.45, 2.75) is 44.7 Å². The van der Waals surface area contributed by atoms with Gasteiger partial charge in [-0.1, -0.05) is 30.3 Å². The summed E-state index contributed by atoms with van der Waals surface area (Å²) < 4.78 is 5.23. The second kappa shape index (κ2) is 6.79. The van der Waals surface area contributed by atoms with E-state index in [1.807, 2.05) is 13.0 Å². The zero-order chi connectivity index (χ0) is 19.1. The summed E-state index contributed by atoms with van der Waals surface area (Å²) in [5.74, 6) is 0.179. The molecule has 2 aliphatic heterocycles. The molecule has 0 saturated carbocycles. The summed E-state index contributed by atoms with van der Waals surface area (Å²) in [4.78, 5) is 39.0. The average molecular weight is 374 g/mol. The van der Waals surface area contributed by atoms with Crippen LogP contribution in [0.15, 0.2) is 41.6 Å². The second-order valence-electron chi connectivity index (χ2n) is 7.36. The van der Waals surface area contributed by atoms with Gasteiger partial charge >= 0.3 is 6.09 Å². The smallest absolute Gasteiger partial charge is 0.408 e. The van der Waals surface area contributed by atoms with Gasteiger partial charge in [-0.15, -0.1) is 11.8 Å². The maximum Gasteiger partial charge on any atom is 0.408 e. The Hall–Kier alpha value is -2.28. The number of β-lactam (4-membered cyclic amide) rings is 1. The Morgan fingerprint density at radius 2 is 1.88 bits per heavy atom. The number of thioether (sulfide) groups is 1. The molecule has 0 unspecified atom stereocenters. The topological polar surface area (TPSA) is 75.7 Å². The molecule has 0 aromatic heterocycles. The van der Waals surface area contributed by atoms with Crippen molar-refractivity contribution < 1.29 is 19.1 Å². The number of rotatable bonds is 3. The maximum absolute atomic E-state index is 12.9. The minimum atomic E-state index is -0.679. The number of hydrogen-bond donors (Lipinski definition) is 1. The number of allylic oxidation sites excluding steroid dienone is 1. The van der Waals surface area contributed by atoms with E-state index in [2.05, 4.69) is 5.32 Å². The number of ether oxygens (including phenoxy) is 1. The van der Waals surface area contributed by atoms with E-state index in [4.69, 9.17) is 4.74 Å². The van der Waals surface area contributed by atoms with Crippen LogP contribution in [-0.4, -0.2) is 45.5 Å². The summed E-state index contributed by atoms with van der Waals surface area (Å²) in [5.41, 5.74) is 1.20. The maximum atomic E-state index is 12.9. The number of hydrogen-bond acceptors (Lipinski definition) is 5. The summed E-state index contributed by atoms with van der Waals surface area (Å²) in [6.07, 6.45) is -0.627. The van der Waals surface area contributed by atoms with Crippen molar-refractivity contribution in [3.63, 3.8) is 0 Å². The first kappa shape index (κ1) is 18.5. The van der Waals surface area contributed by atoms with E-state index in [0.29, 0.717) is 17.0 Å².